The smallest absolute Gasteiger partial charge is 0.157 e. The van der Waals surface area contributed by atoms with Gasteiger partial charge in [-0.2, -0.15) is 0 Å². The molecule has 112 valence electrons. The Balaban J connectivity index is 1.64. The lowest BCUT2D eigenvalue weighted by Crippen LogP contribution is -2.37. The first-order valence-corrected chi connectivity index (χ1v) is 7.92. The van der Waals surface area contributed by atoms with Gasteiger partial charge in [0.25, 0.3) is 0 Å². The van der Waals surface area contributed by atoms with Gasteiger partial charge in [0.2, 0.25) is 0 Å². The molecule has 2 aromatic rings. The van der Waals surface area contributed by atoms with Crippen molar-refractivity contribution in [2.24, 2.45) is 0 Å². The SMILES string of the molecule is Nc1c(NCCc2cccs2)ncnc1N1CCOCC1. The van der Waals surface area contributed by atoms with E-state index >= 15 is 0 Å². The van der Waals surface area contributed by atoms with Crippen LogP contribution in [0.4, 0.5) is 17.3 Å². The Kier molecular flexibility index (Phi) is 4.52. The number of thiophene rings is 1. The molecule has 1 aliphatic heterocycles. The number of hydrogen-bond acceptors (Lipinski definition) is 7. The Morgan fingerprint density at radius 2 is 2.19 bits per heavy atom. The molecule has 0 radical (unpaired) electrons. The van der Waals surface area contributed by atoms with Crippen molar-refractivity contribution >= 4 is 28.7 Å². The molecule has 3 heterocycles. The van der Waals surface area contributed by atoms with Crippen LogP contribution in [0.15, 0.2) is 23.8 Å². The predicted octanol–water partition coefficient (Wildman–Crippen LogP) is 1.61. The quantitative estimate of drug-likeness (QED) is 0.874. The van der Waals surface area contributed by atoms with Crippen LogP contribution in [0.5, 0.6) is 0 Å². The first-order valence-electron chi connectivity index (χ1n) is 7.04. The summed E-state index contributed by atoms with van der Waals surface area (Å²) in [5.74, 6) is 1.51. The second-order valence-corrected chi connectivity index (χ2v) is 5.85. The van der Waals surface area contributed by atoms with Gasteiger partial charge in [0.1, 0.15) is 12.0 Å². The van der Waals surface area contributed by atoms with E-state index in [1.54, 1.807) is 17.7 Å². The van der Waals surface area contributed by atoms with E-state index < -0.39 is 0 Å². The summed E-state index contributed by atoms with van der Waals surface area (Å²) in [7, 11) is 0. The molecule has 0 amide bonds. The van der Waals surface area contributed by atoms with Gasteiger partial charge in [-0.3, -0.25) is 0 Å². The van der Waals surface area contributed by atoms with E-state index in [-0.39, 0.29) is 0 Å². The molecule has 2 aromatic heterocycles. The van der Waals surface area contributed by atoms with Gasteiger partial charge < -0.3 is 20.7 Å². The van der Waals surface area contributed by atoms with Crippen molar-refractivity contribution in [3.63, 3.8) is 0 Å². The fourth-order valence-electron chi connectivity index (χ4n) is 2.31. The maximum Gasteiger partial charge on any atom is 0.157 e. The van der Waals surface area contributed by atoms with Crippen LogP contribution in [0, 0.1) is 0 Å². The standard InChI is InChI=1S/C14H19N5OS/c15-12-13(16-4-3-11-2-1-9-21-11)17-10-18-14(12)19-5-7-20-8-6-19/h1-2,9-10H,3-8,15H2,(H,16,17,18). The van der Waals surface area contributed by atoms with Crippen molar-refractivity contribution in [1.82, 2.24) is 9.97 Å². The summed E-state index contributed by atoms with van der Waals surface area (Å²) in [6, 6.07) is 4.20. The van der Waals surface area contributed by atoms with Crippen LogP contribution < -0.4 is 16.0 Å². The average molecular weight is 305 g/mol. The summed E-state index contributed by atoms with van der Waals surface area (Å²) >= 11 is 1.76. The Hall–Kier alpha value is -1.86. The zero-order valence-corrected chi connectivity index (χ0v) is 12.6. The molecular weight excluding hydrogens is 286 g/mol. The fourth-order valence-corrected chi connectivity index (χ4v) is 3.02. The van der Waals surface area contributed by atoms with Crippen molar-refractivity contribution in [2.45, 2.75) is 6.42 Å². The van der Waals surface area contributed by atoms with Crippen LogP contribution in [-0.4, -0.2) is 42.8 Å². The topological polar surface area (TPSA) is 76.3 Å². The van der Waals surface area contributed by atoms with Crippen molar-refractivity contribution < 1.29 is 4.74 Å². The third-order valence-electron chi connectivity index (χ3n) is 3.42. The first-order chi connectivity index (χ1) is 10.3. The molecule has 0 bridgehead atoms. The molecule has 0 spiro atoms. The molecule has 6 nitrogen and oxygen atoms in total. The molecule has 0 saturated carbocycles. The highest BCUT2D eigenvalue weighted by Gasteiger charge is 2.17. The summed E-state index contributed by atoms with van der Waals surface area (Å²) in [4.78, 5) is 12.1. The highest BCUT2D eigenvalue weighted by molar-refractivity contribution is 7.09. The number of nitrogens with one attached hydrogen (secondary N) is 1. The maximum absolute atomic E-state index is 6.21. The number of rotatable bonds is 5. The number of nitrogens with two attached hydrogens (primary N) is 1. The molecule has 1 aliphatic rings. The molecular formula is C14H19N5OS. The minimum absolute atomic E-state index is 0.616. The van der Waals surface area contributed by atoms with E-state index in [0.717, 1.165) is 31.9 Å². The minimum Gasteiger partial charge on any atom is -0.393 e. The maximum atomic E-state index is 6.21. The molecule has 7 heteroatoms. The second-order valence-electron chi connectivity index (χ2n) is 4.82. The number of nitrogen functional groups attached to an aromatic ring is 1. The molecule has 1 saturated heterocycles. The first kappa shape index (κ1) is 14.1. The van der Waals surface area contributed by atoms with Crippen molar-refractivity contribution in [2.75, 3.05) is 48.8 Å². The molecule has 21 heavy (non-hydrogen) atoms. The number of hydrogen-bond donors (Lipinski definition) is 2. The van der Waals surface area contributed by atoms with Gasteiger partial charge in [-0.15, -0.1) is 11.3 Å². The molecule has 3 N–H and O–H groups in total. The average Bonchev–Trinajstić information content (AvgIpc) is 3.03. The van der Waals surface area contributed by atoms with Crippen molar-refractivity contribution in [1.29, 1.82) is 0 Å². The Morgan fingerprint density at radius 1 is 1.33 bits per heavy atom. The van der Waals surface area contributed by atoms with E-state index in [2.05, 4.69) is 37.7 Å². The predicted molar refractivity (Wildman–Crippen MR) is 86.0 cm³/mol. The molecule has 3 rings (SSSR count). The van der Waals surface area contributed by atoms with Gasteiger partial charge >= 0.3 is 0 Å². The number of ether oxygens (including phenoxy) is 1. The van der Waals surface area contributed by atoms with Crippen LogP contribution in [0.3, 0.4) is 0 Å². The second kappa shape index (κ2) is 6.73. The Labute approximate surface area is 128 Å². The van der Waals surface area contributed by atoms with Gasteiger partial charge in [0.05, 0.1) is 13.2 Å². The van der Waals surface area contributed by atoms with E-state index in [9.17, 15) is 0 Å². The molecule has 0 atom stereocenters. The summed E-state index contributed by atoms with van der Waals surface area (Å²) < 4.78 is 5.36. The van der Waals surface area contributed by atoms with Crippen molar-refractivity contribution in [3.8, 4) is 0 Å². The summed E-state index contributed by atoms with van der Waals surface area (Å²) in [6.07, 6.45) is 2.53. The summed E-state index contributed by atoms with van der Waals surface area (Å²) in [5, 5.41) is 5.39. The van der Waals surface area contributed by atoms with Crippen LogP contribution in [-0.2, 0) is 11.2 Å². The lowest BCUT2D eigenvalue weighted by molar-refractivity contribution is 0.122. The minimum atomic E-state index is 0.616. The molecule has 0 unspecified atom stereocenters. The molecule has 1 fully saturated rings. The van der Waals surface area contributed by atoms with E-state index in [4.69, 9.17) is 10.5 Å². The largest absolute Gasteiger partial charge is 0.393 e. The van der Waals surface area contributed by atoms with Crippen LogP contribution in [0.2, 0.25) is 0 Å². The zero-order valence-electron chi connectivity index (χ0n) is 11.8. The third-order valence-corrected chi connectivity index (χ3v) is 4.35. The van der Waals surface area contributed by atoms with Gasteiger partial charge in [-0.05, 0) is 17.9 Å². The highest BCUT2D eigenvalue weighted by atomic mass is 32.1. The lowest BCUT2D eigenvalue weighted by Gasteiger charge is -2.28. The van der Waals surface area contributed by atoms with E-state index in [1.165, 1.54) is 4.88 Å². The van der Waals surface area contributed by atoms with Crippen LogP contribution in [0.25, 0.3) is 0 Å². The number of nitrogens with zero attached hydrogens (tertiary/aromatic N) is 3. The van der Waals surface area contributed by atoms with Crippen LogP contribution in [0.1, 0.15) is 4.88 Å². The van der Waals surface area contributed by atoms with Gasteiger partial charge in [-0.1, -0.05) is 6.07 Å². The fraction of sp³-hybridized carbons (Fsp3) is 0.429. The molecule has 0 aliphatic carbocycles. The Morgan fingerprint density at radius 3 is 2.95 bits per heavy atom. The summed E-state index contributed by atoms with van der Waals surface area (Å²) in [5.41, 5.74) is 6.82. The third kappa shape index (κ3) is 3.43. The normalized spacial score (nSPS) is 15.1. The lowest BCUT2D eigenvalue weighted by atomic mass is 10.3. The van der Waals surface area contributed by atoms with E-state index in [0.29, 0.717) is 24.7 Å². The number of morpholine rings is 1. The van der Waals surface area contributed by atoms with Gasteiger partial charge in [-0.25, -0.2) is 9.97 Å². The van der Waals surface area contributed by atoms with Gasteiger partial charge in [0.15, 0.2) is 11.6 Å². The number of anilines is 3. The Bertz CT molecular complexity index is 569. The number of aromatic nitrogens is 2. The van der Waals surface area contributed by atoms with E-state index in [1.807, 2.05) is 0 Å². The van der Waals surface area contributed by atoms with Gasteiger partial charge in [0, 0.05) is 24.5 Å². The molecule has 0 aromatic carbocycles. The van der Waals surface area contributed by atoms with Crippen LogP contribution >= 0.6 is 11.3 Å². The summed E-state index contributed by atoms with van der Waals surface area (Å²) in [6.45, 7) is 3.87. The zero-order chi connectivity index (χ0) is 14.5. The monoisotopic (exact) mass is 305 g/mol. The highest BCUT2D eigenvalue weighted by Crippen LogP contribution is 2.26. The van der Waals surface area contributed by atoms with Crippen molar-refractivity contribution in [3.05, 3.63) is 28.7 Å².